The first kappa shape index (κ1) is 10.9. The molecule has 1 aromatic heterocycles. The number of methoxy groups -OCH3 is 1. The lowest BCUT2D eigenvalue weighted by atomic mass is 10.1. The van der Waals surface area contributed by atoms with Crippen molar-refractivity contribution in [3.63, 3.8) is 0 Å². The SMILES string of the molecule is COC(=O)C[C@@H](O)c1ccc(Cl)nc1. The first-order chi connectivity index (χ1) is 6.63. The topological polar surface area (TPSA) is 59.4 Å². The number of carbonyl (C=O) groups is 1. The molecule has 0 aromatic carbocycles. The molecule has 1 atom stereocenters. The van der Waals surface area contributed by atoms with Crippen molar-refractivity contribution in [1.29, 1.82) is 0 Å². The van der Waals surface area contributed by atoms with E-state index in [1.54, 1.807) is 12.1 Å². The number of halogens is 1. The molecule has 1 N–H and O–H groups in total. The van der Waals surface area contributed by atoms with Crippen molar-refractivity contribution in [2.45, 2.75) is 12.5 Å². The van der Waals surface area contributed by atoms with Gasteiger partial charge in [-0.15, -0.1) is 0 Å². The smallest absolute Gasteiger partial charge is 0.308 e. The van der Waals surface area contributed by atoms with Crippen LogP contribution in [0.4, 0.5) is 0 Å². The summed E-state index contributed by atoms with van der Waals surface area (Å²) in [6, 6.07) is 3.17. The molecule has 0 saturated carbocycles. The zero-order chi connectivity index (χ0) is 10.6. The number of nitrogens with zero attached hydrogens (tertiary/aromatic N) is 1. The van der Waals surface area contributed by atoms with Gasteiger partial charge in [-0.25, -0.2) is 4.98 Å². The van der Waals surface area contributed by atoms with Crippen molar-refractivity contribution in [3.8, 4) is 0 Å². The molecule has 0 saturated heterocycles. The summed E-state index contributed by atoms with van der Waals surface area (Å²) in [6.07, 6.45) is 0.447. The minimum atomic E-state index is -0.896. The molecule has 0 spiro atoms. The maximum Gasteiger partial charge on any atom is 0.308 e. The van der Waals surface area contributed by atoms with E-state index in [1.165, 1.54) is 13.3 Å². The second kappa shape index (κ2) is 4.93. The highest BCUT2D eigenvalue weighted by Crippen LogP contribution is 2.17. The zero-order valence-corrected chi connectivity index (χ0v) is 8.36. The molecule has 0 radical (unpaired) electrons. The van der Waals surface area contributed by atoms with Gasteiger partial charge in [-0.2, -0.15) is 0 Å². The number of aliphatic hydroxyl groups excluding tert-OH is 1. The number of hydrogen-bond donors (Lipinski definition) is 1. The summed E-state index contributed by atoms with van der Waals surface area (Å²) >= 11 is 5.56. The third-order valence-corrected chi connectivity index (χ3v) is 1.95. The molecule has 1 heterocycles. The molecule has 0 aliphatic rings. The third kappa shape index (κ3) is 2.97. The van der Waals surface area contributed by atoms with Crippen molar-refractivity contribution >= 4 is 17.6 Å². The average Bonchev–Trinajstić information content (AvgIpc) is 2.18. The van der Waals surface area contributed by atoms with Crippen LogP contribution in [0.1, 0.15) is 18.1 Å². The summed E-state index contributed by atoms with van der Waals surface area (Å²) in [5.74, 6) is -0.465. The Balaban J connectivity index is 2.65. The molecule has 1 aromatic rings. The Morgan fingerprint density at radius 2 is 2.43 bits per heavy atom. The van der Waals surface area contributed by atoms with Gasteiger partial charge in [0.25, 0.3) is 0 Å². The van der Waals surface area contributed by atoms with Crippen LogP contribution in [-0.2, 0) is 9.53 Å². The maximum atomic E-state index is 10.8. The van der Waals surface area contributed by atoms with Gasteiger partial charge < -0.3 is 9.84 Å². The lowest BCUT2D eigenvalue weighted by Crippen LogP contribution is -2.08. The Hall–Kier alpha value is -1.13. The van der Waals surface area contributed by atoms with Crippen LogP contribution in [-0.4, -0.2) is 23.2 Å². The van der Waals surface area contributed by atoms with Crippen molar-refractivity contribution in [1.82, 2.24) is 4.98 Å². The van der Waals surface area contributed by atoms with Crippen LogP contribution in [0.5, 0.6) is 0 Å². The number of aliphatic hydroxyl groups is 1. The number of ether oxygens (including phenoxy) is 1. The van der Waals surface area contributed by atoms with Crippen LogP contribution in [0.25, 0.3) is 0 Å². The summed E-state index contributed by atoms with van der Waals surface area (Å²) in [7, 11) is 1.27. The van der Waals surface area contributed by atoms with Crippen molar-refractivity contribution in [3.05, 3.63) is 29.0 Å². The summed E-state index contributed by atoms with van der Waals surface area (Å²) < 4.78 is 4.42. The zero-order valence-electron chi connectivity index (χ0n) is 7.61. The molecule has 0 amide bonds. The van der Waals surface area contributed by atoms with E-state index in [4.69, 9.17) is 11.6 Å². The minimum absolute atomic E-state index is 0.0835. The van der Waals surface area contributed by atoms with Gasteiger partial charge in [-0.1, -0.05) is 17.7 Å². The minimum Gasteiger partial charge on any atom is -0.469 e. The standard InChI is InChI=1S/C9H10ClNO3/c1-14-9(13)4-7(12)6-2-3-8(10)11-5-6/h2-3,5,7,12H,4H2,1H3/t7-/m1/s1. The van der Waals surface area contributed by atoms with Gasteiger partial charge in [0.1, 0.15) is 5.15 Å². The van der Waals surface area contributed by atoms with Crippen molar-refractivity contribution < 1.29 is 14.6 Å². The number of aromatic nitrogens is 1. The van der Waals surface area contributed by atoms with E-state index in [0.29, 0.717) is 10.7 Å². The first-order valence-electron chi connectivity index (χ1n) is 4.00. The summed E-state index contributed by atoms with van der Waals surface area (Å²) in [5, 5.41) is 9.88. The van der Waals surface area contributed by atoms with Crippen LogP contribution in [0, 0.1) is 0 Å². The predicted molar refractivity (Wildman–Crippen MR) is 50.8 cm³/mol. The van der Waals surface area contributed by atoms with Gasteiger partial charge >= 0.3 is 5.97 Å². The van der Waals surface area contributed by atoms with Gasteiger partial charge in [0.15, 0.2) is 0 Å². The highest BCUT2D eigenvalue weighted by molar-refractivity contribution is 6.29. The largest absolute Gasteiger partial charge is 0.469 e. The molecule has 1 rings (SSSR count). The molecule has 0 aliphatic heterocycles. The van der Waals surface area contributed by atoms with Crippen LogP contribution >= 0.6 is 11.6 Å². The van der Waals surface area contributed by atoms with Crippen LogP contribution in [0.2, 0.25) is 5.15 Å². The predicted octanol–water partition coefficient (Wildman–Crippen LogP) is 1.33. The summed E-state index contributed by atoms with van der Waals surface area (Å²) in [5.41, 5.74) is 0.541. The quantitative estimate of drug-likeness (QED) is 0.611. The van der Waals surface area contributed by atoms with E-state index >= 15 is 0 Å². The Morgan fingerprint density at radius 3 is 2.93 bits per heavy atom. The van der Waals surface area contributed by atoms with Gasteiger partial charge in [-0.3, -0.25) is 4.79 Å². The highest BCUT2D eigenvalue weighted by atomic mass is 35.5. The van der Waals surface area contributed by atoms with E-state index in [1.807, 2.05) is 0 Å². The molecule has 0 fully saturated rings. The highest BCUT2D eigenvalue weighted by Gasteiger charge is 2.13. The Labute approximate surface area is 86.5 Å². The Kier molecular flexibility index (Phi) is 3.85. The van der Waals surface area contributed by atoms with Crippen molar-refractivity contribution in [2.24, 2.45) is 0 Å². The molecular formula is C9H10ClNO3. The summed E-state index contributed by atoms with van der Waals surface area (Å²) in [6.45, 7) is 0. The molecule has 5 heteroatoms. The average molecular weight is 216 g/mol. The Morgan fingerprint density at radius 1 is 1.71 bits per heavy atom. The second-order valence-electron chi connectivity index (χ2n) is 2.71. The van der Waals surface area contributed by atoms with Crippen LogP contribution < -0.4 is 0 Å². The van der Waals surface area contributed by atoms with E-state index in [9.17, 15) is 9.90 Å². The van der Waals surface area contributed by atoms with Crippen LogP contribution in [0.15, 0.2) is 18.3 Å². The lowest BCUT2D eigenvalue weighted by Gasteiger charge is -2.08. The van der Waals surface area contributed by atoms with Crippen LogP contribution in [0.3, 0.4) is 0 Å². The van der Waals surface area contributed by atoms with E-state index in [0.717, 1.165) is 0 Å². The number of carbonyl (C=O) groups excluding carboxylic acids is 1. The Bertz CT molecular complexity index is 312. The molecular weight excluding hydrogens is 206 g/mol. The second-order valence-corrected chi connectivity index (χ2v) is 3.10. The lowest BCUT2D eigenvalue weighted by molar-refractivity contribution is -0.142. The molecule has 14 heavy (non-hydrogen) atoms. The van der Waals surface area contributed by atoms with E-state index in [2.05, 4.69) is 9.72 Å². The molecule has 4 nitrogen and oxygen atoms in total. The number of pyridine rings is 1. The number of hydrogen-bond acceptors (Lipinski definition) is 4. The van der Waals surface area contributed by atoms with E-state index < -0.39 is 12.1 Å². The molecule has 0 aliphatic carbocycles. The van der Waals surface area contributed by atoms with Crippen molar-refractivity contribution in [2.75, 3.05) is 7.11 Å². The van der Waals surface area contributed by atoms with Gasteiger partial charge in [0.2, 0.25) is 0 Å². The fraction of sp³-hybridized carbons (Fsp3) is 0.333. The van der Waals surface area contributed by atoms with Gasteiger partial charge in [0, 0.05) is 6.20 Å². The van der Waals surface area contributed by atoms with Gasteiger partial charge in [-0.05, 0) is 11.6 Å². The molecule has 76 valence electrons. The first-order valence-corrected chi connectivity index (χ1v) is 4.37. The molecule has 0 unspecified atom stereocenters. The number of esters is 1. The monoisotopic (exact) mass is 215 g/mol. The van der Waals surface area contributed by atoms with Gasteiger partial charge in [0.05, 0.1) is 19.6 Å². The number of rotatable bonds is 3. The normalized spacial score (nSPS) is 12.2. The molecule has 0 bridgehead atoms. The van der Waals surface area contributed by atoms with E-state index in [-0.39, 0.29) is 6.42 Å². The third-order valence-electron chi connectivity index (χ3n) is 1.72. The fourth-order valence-electron chi connectivity index (χ4n) is 0.943. The maximum absolute atomic E-state index is 10.8. The summed E-state index contributed by atoms with van der Waals surface area (Å²) in [4.78, 5) is 14.6. The fourth-order valence-corrected chi connectivity index (χ4v) is 1.06.